The Hall–Kier alpha value is -1.54. The highest BCUT2D eigenvalue weighted by atomic mass is 32.2. The molecule has 5 nitrogen and oxygen atoms in total. The van der Waals surface area contributed by atoms with Crippen molar-refractivity contribution < 1.29 is 26.7 Å². The van der Waals surface area contributed by atoms with Crippen LogP contribution in [0.3, 0.4) is 0 Å². The molecule has 18 heavy (non-hydrogen) atoms. The first-order valence-electron chi connectivity index (χ1n) is 4.77. The van der Waals surface area contributed by atoms with Gasteiger partial charge in [0, 0.05) is 13.1 Å². The Labute approximate surface area is 103 Å². The highest BCUT2D eigenvalue weighted by Gasteiger charge is 2.26. The van der Waals surface area contributed by atoms with Crippen LogP contribution in [0.1, 0.15) is 0 Å². The van der Waals surface area contributed by atoms with Crippen molar-refractivity contribution >= 4 is 16.0 Å². The van der Waals surface area contributed by atoms with Crippen molar-refractivity contribution in [2.45, 2.75) is 4.90 Å². The minimum absolute atomic E-state index is 0.457. The van der Waals surface area contributed by atoms with Gasteiger partial charge in [-0.15, -0.1) is 0 Å². The molecule has 1 aromatic carbocycles. The van der Waals surface area contributed by atoms with Crippen LogP contribution >= 0.6 is 0 Å². The lowest BCUT2D eigenvalue weighted by Gasteiger charge is -2.16. The molecule has 0 heterocycles. The molecule has 0 bridgehead atoms. The maximum Gasteiger partial charge on any atom is 0.321 e. The van der Waals surface area contributed by atoms with Crippen LogP contribution in [0.2, 0.25) is 0 Å². The molecule has 0 amide bonds. The van der Waals surface area contributed by atoms with Crippen LogP contribution in [0.15, 0.2) is 23.1 Å². The monoisotopic (exact) mass is 279 g/mol. The summed E-state index contributed by atoms with van der Waals surface area (Å²) >= 11 is 0. The SMILES string of the molecule is COC(=O)CN(C)S(=O)(=O)c1ccc(F)cc1F. The first-order valence-corrected chi connectivity index (χ1v) is 6.21. The molecular weight excluding hydrogens is 268 g/mol. The predicted molar refractivity (Wildman–Crippen MR) is 58.2 cm³/mol. The second-order valence-corrected chi connectivity index (χ2v) is 5.43. The van der Waals surface area contributed by atoms with E-state index in [2.05, 4.69) is 4.74 Å². The predicted octanol–water partition coefficient (Wildman–Crippen LogP) is 0.758. The Morgan fingerprint density at radius 2 is 2.00 bits per heavy atom. The van der Waals surface area contributed by atoms with E-state index >= 15 is 0 Å². The number of hydrogen-bond donors (Lipinski definition) is 0. The zero-order chi connectivity index (χ0) is 13.9. The van der Waals surface area contributed by atoms with Gasteiger partial charge in [0.1, 0.15) is 23.1 Å². The molecule has 0 unspecified atom stereocenters. The molecule has 1 aromatic rings. The van der Waals surface area contributed by atoms with Crippen molar-refractivity contribution in [3.63, 3.8) is 0 Å². The van der Waals surface area contributed by atoms with Crippen LogP contribution in [0.25, 0.3) is 0 Å². The Bertz CT molecular complexity index is 559. The van der Waals surface area contributed by atoms with Gasteiger partial charge in [-0.05, 0) is 12.1 Å². The Balaban J connectivity index is 3.09. The van der Waals surface area contributed by atoms with E-state index in [9.17, 15) is 22.0 Å². The summed E-state index contributed by atoms with van der Waals surface area (Å²) in [6.45, 7) is -0.560. The van der Waals surface area contributed by atoms with Crippen LogP contribution in [0.5, 0.6) is 0 Å². The number of nitrogens with zero attached hydrogens (tertiary/aromatic N) is 1. The maximum atomic E-state index is 13.4. The fourth-order valence-corrected chi connectivity index (χ4v) is 2.34. The molecule has 0 N–H and O–H groups in total. The number of benzene rings is 1. The molecule has 0 saturated heterocycles. The molecule has 0 fully saturated rings. The molecule has 0 atom stereocenters. The Kier molecular flexibility index (Phi) is 4.36. The minimum atomic E-state index is -4.20. The Morgan fingerprint density at radius 1 is 1.39 bits per heavy atom. The molecular formula is C10H11F2NO4S. The third-order valence-corrected chi connectivity index (χ3v) is 4.00. The standard InChI is InChI=1S/C10H11F2NO4S/c1-13(6-10(14)17-2)18(15,16)9-4-3-7(11)5-8(9)12/h3-5H,6H2,1-2H3. The summed E-state index contributed by atoms with van der Waals surface area (Å²) in [6.07, 6.45) is 0. The Morgan fingerprint density at radius 3 is 2.50 bits per heavy atom. The van der Waals surface area contributed by atoms with Crippen LogP contribution < -0.4 is 0 Å². The van der Waals surface area contributed by atoms with Gasteiger partial charge < -0.3 is 4.74 Å². The van der Waals surface area contributed by atoms with E-state index < -0.39 is 39.1 Å². The lowest BCUT2D eigenvalue weighted by Crippen LogP contribution is -2.33. The molecule has 0 spiro atoms. The zero-order valence-corrected chi connectivity index (χ0v) is 10.5. The molecule has 0 saturated carbocycles. The molecule has 0 aliphatic rings. The van der Waals surface area contributed by atoms with E-state index in [1.54, 1.807) is 0 Å². The van der Waals surface area contributed by atoms with Crippen molar-refractivity contribution in [3.8, 4) is 0 Å². The molecule has 8 heteroatoms. The van der Waals surface area contributed by atoms with Crippen molar-refractivity contribution in [2.24, 2.45) is 0 Å². The number of halogens is 2. The molecule has 0 aliphatic heterocycles. The maximum absolute atomic E-state index is 13.4. The topological polar surface area (TPSA) is 63.7 Å². The highest BCUT2D eigenvalue weighted by Crippen LogP contribution is 2.18. The summed E-state index contributed by atoms with van der Waals surface area (Å²) in [7, 11) is -2.01. The molecule has 0 aromatic heterocycles. The fraction of sp³-hybridized carbons (Fsp3) is 0.300. The smallest absolute Gasteiger partial charge is 0.321 e. The summed E-state index contributed by atoms with van der Waals surface area (Å²) in [5.74, 6) is -2.89. The second-order valence-electron chi connectivity index (χ2n) is 3.41. The number of methoxy groups -OCH3 is 1. The molecule has 0 aliphatic carbocycles. The van der Waals surface area contributed by atoms with E-state index in [0.717, 1.165) is 26.3 Å². The lowest BCUT2D eigenvalue weighted by atomic mass is 10.3. The fourth-order valence-electron chi connectivity index (χ4n) is 1.18. The van der Waals surface area contributed by atoms with E-state index in [0.29, 0.717) is 10.4 Å². The average molecular weight is 279 g/mol. The number of rotatable bonds is 4. The first kappa shape index (κ1) is 14.5. The number of sulfonamides is 1. The van der Waals surface area contributed by atoms with Crippen molar-refractivity contribution in [1.82, 2.24) is 4.31 Å². The van der Waals surface area contributed by atoms with Crippen molar-refractivity contribution in [2.75, 3.05) is 20.7 Å². The van der Waals surface area contributed by atoms with Gasteiger partial charge in [-0.1, -0.05) is 0 Å². The largest absolute Gasteiger partial charge is 0.468 e. The van der Waals surface area contributed by atoms with Gasteiger partial charge >= 0.3 is 5.97 Å². The summed E-state index contributed by atoms with van der Waals surface area (Å²) in [6, 6.07) is 2.08. The van der Waals surface area contributed by atoms with E-state index in [-0.39, 0.29) is 0 Å². The number of ether oxygens (including phenoxy) is 1. The number of esters is 1. The summed E-state index contributed by atoms with van der Waals surface area (Å²) in [5, 5.41) is 0. The average Bonchev–Trinajstić information content (AvgIpc) is 2.28. The van der Waals surface area contributed by atoms with Crippen molar-refractivity contribution in [1.29, 1.82) is 0 Å². The van der Waals surface area contributed by atoms with Crippen LogP contribution in [0.4, 0.5) is 8.78 Å². The van der Waals surface area contributed by atoms with Gasteiger partial charge in [0.15, 0.2) is 0 Å². The highest BCUT2D eigenvalue weighted by molar-refractivity contribution is 7.89. The number of carbonyl (C=O) groups excluding carboxylic acids is 1. The van der Waals surface area contributed by atoms with Gasteiger partial charge in [-0.25, -0.2) is 17.2 Å². The third kappa shape index (κ3) is 3.02. The first-order chi connectivity index (χ1) is 8.28. The quantitative estimate of drug-likeness (QED) is 0.763. The van der Waals surface area contributed by atoms with Gasteiger partial charge in [-0.2, -0.15) is 4.31 Å². The van der Waals surface area contributed by atoms with E-state index in [4.69, 9.17) is 0 Å². The molecule has 100 valence electrons. The summed E-state index contributed by atoms with van der Waals surface area (Å²) in [4.78, 5) is 10.3. The minimum Gasteiger partial charge on any atom is -0.468 e. The third-order valence-electron chi connectivity index (χ3n) is 2.16. The molecule has 0 radical (unpaired) electrons. The number of likely N-dealkylation sites (N-methyl/N-ethyl adjacent to an activating group) is 1. The van der Waals surface area contributed by atoms with Gasteiger partial charge in [-0.3, -0.25) is 4.79 Å². The lowest BCUT2D eigenvalue weighted by molar-refractivity contribution is -0.140. The normalized spacial score (nSPS) is 11.6. The van der Waals surface area contributed by atoms with Gasteiger partial charge in [0.05, 0.1) is 7.11 Å². The van der Waals surface area contributed by atoms with Gasteiger partial charge in [0.25, 0.3) is 0 Å². The van der Waals surface area contributed by atoms with Crippen LogP contribution in [0, 0.1) is 11.6 Å². The summed E-state index contributed by atoms with van der Waals surface area (Å²) in [5.41, 5.74) is 0. The summed E-state index contributed by atoms with van der Waals surface area (Å²) < 4.78 is 54.7. The van der Waals surface area contributed by atoms with E-state index in [1.165, 1.54) is 0 Å². The van der Waals surface area contributed by atoms with Crippen LogP contribution in [-0.4, -0.2) is 39.4 Å². The zero-order valence-electron chi connectivity index (χ0n) is 9.68. The van der Waals surface area contributed by atoms with Crippen molar-refractivity contribution in [3.05, 3.63) is 29.8 Å². The van der Waals surface area contributed by atoms with E-state index in [1.807, 2.05) is 0 Å². The molecule has 1 rings (SSSR count). The second kappa shape index (κ2) is 5.40. The van der Waals surface area contributed by atoms with Crippen LogP contribution in [-0.2, 0) is 19.6 Å². The number of carbonyl (C=O) groups is 1. The van der Waals surface area contributed by atoms with Gasteiger partial charge in [0.2, 0.25) is 10.0 Å². The number of hydrogen-bond acceptors (Lipinski definition) is 4.